The predicted octanol–water partition coefficient (Wildman–Crippen LogP) is 0.280. The lowest BCUT2D eigenvalue weighted by Crippen LogP contribution is -2.20. The lowest BCUT2D eigenvalue weighted by molar-refractivity contribution is 0.0195. The van der Waals surface area contributed by atoms with Crippen molar-refractivity contribution in [1.82, 2.24) is 4.98 Å². The summed E-state index contributed by atoms with van der Waals surface area (Å²) in [6.45, 7) is 1.78. The van der Waals surface area contributed by atoms with E-state index in [9.17, 15) is 10.2 Å². The van der Waals surface area contributed by atoms with Crippen molar-refractivity contribution in [3.05, 3.63) is 23.5 Å². The van der Waals surface area contributed by atoms with Crippen LogP contribution in [-0.4, -0.2) is 21.3 Å². The summed E-state index contributed by atoms with van der Waals surface area (Å²) in [7, 11) is 0. The van der Waals surface area contributed by atoms with Gasteiger partial charge in [0.2, 0.25) is 0 Å². The predicted molar refractivity (Wildman–Crippen MR) is 54.6 cm³/mol. The Balaban J connectivity index is 2.96. The summed E-state index contributed by atoms with van der Waals surface area (Å²) in [4.78, 5) is 3.90. The van der Waals surface area contributed by atoms with Crippen LogP contribution in [0.2, 0.25) is 0 Å². The summed E-state index contributed by atoms with van der Waals surface area (Å²) in [6, 6.07) is 3.48. The van der Waals surface area contributed by atoms with Gasteiger partial charge in [0.25, 0.3) is 0 Å². The van der Waals surface area contributed by atoms with E-state index in [1.54, 1.807) is 19.1 Å². The average molecular weight is 207 g/mol. The van der Waals surface area contributed by atoms with Gasteiger partial charge in [0.05, 0.1) is 30.0 Å². The molecule has 2 unspecified atom stereocenters. The Bertz CT molecular complexity index is 387. The second-order valence-corrected chi connectivity index (χ2v) is 3.30. The highest BCUT2D eigenvalue weighted by atomic mass is 16.3. The smallest absolute Gasteiger partial charge is 0.125 e. The standard InChI is InChI=1S/C10H13N3O2/c1-6-3-5-13-9(8(6)12)10(15)7(14)2-4-11/h3,5,7,10,14-15H,2,12H2,1H3. The van der Waals surface area contributed by atoms with E-state index < -0.39 is 12.2 Å². The molecule has 80 valence electrons. The van der Waals surface area contributed by atoms with Gasteiger partial charge in [-0.15, -0.1) is 0 Å². The third-order valence-electron chi connectivity index (χ3n) is 2.18. The minimum Gasteiger partial charge on any atom is -0.397 e. The number of nitrogens with two attached hydrogens (primary N) is 1. The molecule has 0 aliphatic carbocycles. The van der Waals surface area contributed by atoms with E-state index in [4.69, 9.17) is 11.0 Å². The first-order valence-electron chi connectivity index (χ1n) is 4.52. The molecule has 0 aliphatic rings. The lowest BCUT2D eigenvalue weighted by atomic mass is 10.0. The Kier molecular flexibility index (Phi) is 3.61. The molecule has 0 spiro atoms. The quantitative estimate of drug-likeness (QED) is 0.660. The molecule has 0 saturated carbocycles. The fourth-order valence-corrected chi connectivity index (χ4v) is 1.21. The molecule has 1 aromatic rings. The third kappa shape index (κ3) is 2.43. The largest absolute Gasteiger partial charge is 0.397 e. The molecule has 5 nitrogen and oxygen atoms in total. The van der Waals surface area contributed by atoms with Crippen molar-refractivity contribution in [2.75, 3.05) is 5.73 Å². The van der Waals surface area contributed by atoms with Crippen molar-refractivity contribution in [3.63, 3.8) is 0 Å². The Hall–Kier alpha value is -1.64. The number of nitriles is 1. The molecule has 1 aromatic heterocycles. The molecule has 2 atom stereocenters. The maximum absolute atomic E-state index is 9.68. The van der Waals surface area contributed by atoms with Gasteiger partial charge in [-0.3, -0.25) is 4.98 Å². The molecule has 0 saturated heterocycles. The maximum Gasteiger partial charge on any atom is 0.125 e. The molecule has 1 heterocycles. The summed E-state index contributed by atoms with van der Waals surface area (Å²) in [6.07, 6.45) is -1.03. The van der Waals surface area contributed by atoms with Crippen molar-refractivity contribution in [2.24, 2.45) is 0 Å². The highest BCUT2D eigenvalue weighted by Crippen LogP contribution is 2.24. The normalized spacial score (nSPS) is 14.3. The maximum atomic E-state index is 9.68. The van der Waals surface area contributed by atoms with Gasteiger partial charge in [0.1, 0.15) is 6.10 Å². The highest BCUT2D eigenvalue weighted by Gasteiger charge is 2.22. The molecule has 4 N–H and O–H groups in total. The van der Waals surface area contributed by atoms with Crippen molar-refractivity contribution >= 4 is 5.69 Å². The van der Waals surface area contributed by atoms with Crippen molar-refractivity contribution in [1.29, 1.82) is 5.26 Å². The summed E-state index contributed by atoms with van der Waals surface area (Å²) < 4.78 is 0. The van der Waals surface area contributed by atoms with E-state index >= 15 is 0 Å². The number of nitrogen functional groups attached to an aromatic ring is 1. The molecule has 5 heteroatoms. The van der Waals surface area contributed by atoms with E-state index in [0.717, 1.165) is 5.56 Å². The van der Waals surface area contributed by atoms with Gasteiger partial charge in [-0.25, -0.2) is 0 Å². The number of aromatic nitrogens is 1. The van der Waals surface area contributed by atoms with E-state index in [1.807, 2.05) is 0 Å². The van der Waals surface area contributed by atoms with E-state index in [2.05, 4.69) is 4.98 Å². The minimum absolute atomic E-state index is 0.157. The fraction of sp³-hybridized carbons (Fsp3) is 0.400. The first-order chi connectivity index (χ1) is 7.07. The first kappa shape index (κ1) is 11.4. The van der Waals surface area contributed by atoms with E-state index in [-0.39, 0.29) is 12.1 Å². The SMILES string of the molecule is Cc1ccnc(C(O)C(O)CC#N)c1N. The number of hydrogen-bond acceptors (Lipinski definition) is 5. The lowest BCUT2D eigenvalue weighted by Gasteiger charge is -2.17. The Morgan fingerprint density at radius 3 is 2.87 bits per heavy atom. The van der Waals surface area contributed by atoms with Crippen molar-refractivity contribution in [2.45, 2.75) is 25.6 Å². The fourth-order valence-electron chi connectivity index (χ4n) is 1.21. The number of aryl methyl sites for hydroxylation is 1. The molecule has 0 radical (unpaired) electrons. The van der Waals surface area contributed by atoms with Crippen LogP contribution in [-0.2, 0) is 0 Å². The Morgan fingerprint density at radius 1 is 1.60 bits per heavy atom. The monoisotopic (exact) mass is 207 g/mol. The zero-order valence-electron chi connectivity index (χ0n) is 8.38. The average Bonchev–Trinajstić information content (AvgIpc) is 2.21. The van der Waals surface area contributed by atoms with Crippen LogP contribution in [0.1, 0.15) is 23.8 Å². The summed E-state index contributed by atoms with van der Waals surface area (Å²) in [5, 5.41) is 27.5. The van der Waals surface area contributed by atoms with Gasteiger partial charge in [0.15, 0.2) is 0 Å². The summed E-state index contributed by atoms with van der Waals surface area (Å²) in [5.41, 5.74) is 7.05. The van der Waals surface area contributed by atoms with Crippen LogP contribution in [0.4, 0.5) is 5.69 Å². The van der Waals surface area contributed by atoms with Crippen molar-refractivity contribution in [3.8, 4) is 6.07 Å². The number of anilines is 1. The molecular formula is C10H13N3O2. The molecule has 1 rings (SSSR count). The second-order valence-electron chi connectivity index (χ2n) is 3.30. The molecule has 0 bridgehead atoms. The van der Waals surface area contributed by atoms with Gasteiger partial charge in [0, 0.05) is 6.20 Å². The molecule has 0 amide bonds. The van der Waals surface area contributed by atoms with Crippen LogP contribution in [0.25, 0.3) is 0 Å². The van der Waals surface area contributed by atoms with Crippen LogP contribution >= 0.6 is 0 Å². The Morgan fingerprint density at radius 2 is 2.27 bits per heavy atom. The number of hydrogen-bond donors (Lipinski definition) is 3. The number of aliphatic hydroxyl groups excluding tert-OH is 2. The number of aliphatic hydroxyl groups is 2. The van der Waals surface area contributed by atoms with Crippen molar-refractivity contribution < 1.29 is 10.2 Å². The molecule has 0 aromatic carbocycles. The Labute approximate surface area is 87.8 Å². The topological polar surface area (TPSA) is 103 Å². The van der Waals surface area contributed by atoms with Gasteiger partial charge in [-0.1, -0.05) is 0 Å². The highest BCUT2D eigenvalue weighted by molar-refractivity contribution is 5.50. The zero-order chi connectivity index (χ0) is 11.4. The van der Waals surface area contributed by atoms with Crippen LogP contribution in [0.15, 0.2) is 12.3 Å². The minimum atomic E-state index is -1.22. The van der Waals surface area contributed by atoms with Crippen LogP contribution in [0, 0.1) is 18.3 Å². The van der Waals surface area contributed by atoms with E-state index in [0.29, 0.717) is 5.69 Å². The first-order valence-corrected chi connectivity index (χ1v) is 4.52. The number of nitrogens with zero attached hydrogens (tertiary/aromatic N) is 2. The van der Waals surface area contributed by atoms with Gasteiger partial charge >= 0.3 is 0 Å². The van der Waals surface area contributed by atoms with Gasteiger partial charge in [-0.2, -0.15) is 5.26 Å². The zero-order valence-corrected chi connectivity index (χ0v) is 8.38. The van der Waals surface area contributed by atoms with Crippen LogP contribution in [0.3, 0.4) is 0 Å². The van der Waals surface area contributed by atoms with Gasteiger partial charge < -0.3 is 15.9 Å². The third-order valence-corrected chi connectivity index (χ3v) is 2.18. The summed E-state index contributed by atoms with van der Waals surface area (Å²) in [5.74, 6) is 0. The van der Waals surface area contributed by atoms with Crippen LogP contribution < -0.4 is 5.73 Å². The molecule has 0 aliphatic heterocycles. The summed E-state index contributed by atoms with van der Waals surface area (Å²) >= 11 is 0. The second kappa shape index (κ2) is 4.73. The van der Waals surface area contributed by atoms with Gasteiger partial charge in [-0.05, 0) is 18.6 Å². The molecule has 0 fully saturated rings. The molecule has 15 heavy (non-hydrogen) atoms. The molecular weight excluding hydrogens is 194 g/mol. The van der Waals surface area contributed by atoms with Crippen LogP contribution in [0.5, 0.6) is 0 Å². The number of rotatable bonds is 3. The number of pyridine rings is 1. The van der Waals surface area contributed by atoms with E-state index in [1.165, 1.54) is 6.20 Å².